The Balaban J connectivity index is 1.92. The van der Waals surface area contributed by atoms with E-state index < -0.39 is 5.72 Å². The molecule has 0 spiro atoms. The first kappa shape index (κ1) is 17.5. The van der Waals surface area contributed by atoms with E-state index in [0.29, 0.717) is 30.2 Å². The molecule has 1 unspecified atom stereocenters. The minimum Gasteiger partial charge on any atom is -0.493 e. The lowest BCUT2D eigenvalue weighted by atomic mass is 9.83. The molecular formula is C22H23NO4. The minimum absolute atomic E-state index is 0.0184. The number of carbonyl (C=O) groups excluding carboxylic acids is 1. The summed E-state index contributed by atoms with van der Waals surface area (Å²) in [6.07, 6.45) is 2.87. The Morgan fingerprint density at radius 3 is 2.52 bits per heavy atom. The molecule has 5 nitrogen and oxygen atoms in total. The molecule has 0 fully saturated rings. The van der Waals surface area contributed by atoms with E-state index in [9.17, 15) is 4.79 Å². The summed E-state index contributed by atoms with van der Waals surface area (Å²) < 4.78 is 17.4. The van der Waals surface area contributed by atoms with Gasteiger partial charge in [-0.15, -0.1) is 0 Å². The maximum absolute atomic E-state index is 12.8. The highest BCUT2D eigenvalue weighted by atomic mass is 16.5. The summed E-state index contributed by atoms with van der Waals surface area (Å²) in [6.45, 7) is 2.43. The molecule has 0 aromatic heterocycles. The van der Waals surface area contributed by atoms with Gasteiger partial charge in [-0.1, -0.05) is 30.3 Å². The summed E-state index contributed by atoms with van der Waals surface area (Å²) >= 11 is 0. The molecule has 0 N–H and O–H groups in total. The van der Waals surface area contributed by atoms with E-state index in [4.69, 9.17) is 14.2 Å². The van der Waals surface area contributed by atoms with Gasteiger partial charge in [0.2, 0.25) is 5.72 Å². The van der Waals surface area contributed by atoms with E-state index in [-0.39, 0.29) is 5.91 Å². The molecular weight excluding hydrogens is 342 g/mol. The number of amides is 1. The van der Waals surface area contributed by atoms with E-state index in [1.54, 1.807) is 20.3 Å². The molecule has 27 heavy (non-hydrogen) atoms. The van der Waals surface area contributed by atoms with Crippen LogP contribution in [0.4, 0.5) is 0 Å². The Labute approximate surface area is 159 Å². The highest BCUT2D eigenvalue weighted by Gasteiger charge is 2.49. The molecule has 0 bridgehead atoms. The molecule has 5 heteroatoms. The Hall–Kier alpha value is -2.95. The number of hydrogen-bond donors (Lipinski definition) is 0. The van der Waals surface area contributed by atoms with Crippen molar-refractivity contribution in [2.24, 2.45) is 0 Å². The minimum atomic E-state index is -0.885. The highest BCUT2D eigenvalue weighted by Crippen LogP contribution is 2.46. The lowest BCUT2D eigenvalue weighted by Crippen LogP contribution is -2.57. The summed E-state index contributed by atoms with van der Waals surface area (Å²) in [7, 11) is 3.25. The topological polar surface area (TPSA) is 48.0 Å². The molecule has 2 aromatic carbocycles. The molecule has 4 rings (SSSR count). The van der Waals surface area contributed by atoms with Crippen molar-refractivity contribution in [1.82, 2.24) is 4.90 Å². The predicted molar refractivity (Wildman–Crippen MR) is 102 cm³/mol. The van der Waals surface area contributed by atoms with E-state index in [2.05, 4.69) is 12.1 Å². The summed E-state index contributed by atoms with van der Waals surface area (Å²) in [4.78, 5) is 14.7. The molecule has 0 radical (unpaired) electrons. The van der Waals surface area contributed by atoms with Gasteiger partial charge in [0.25, 0.3) is 5.91 Å². The zero-order valence-corrected chi connectivity index (χ0v) is 15.8. The van der Waals surface area contributed by atoms with E-state index in [0.717, 1.165) is 23.1 Å². The second-order valence-electron chi connectivity index (χ2n) is 6.91. The monoisotopic (exact) mass is 365 g/mol. The third-order valence-electron chi connectivity index (χ3n) is 5.28. The van der Waals surface area contributed by atoms with E-state index >= 15 is 0 Å². The number of hydrogen-bond acceptors (Lipinski definition) is 4. The first-order chi connectivity index (χ1) is 13.1. The first-order valence-electron chi connectivity index (χ1n) is 9.05. The zero-order chi connectivity index (χ0) is 19.0. The van der Waals surface area contributed by atoms with Crippen molar-refractivity contribution in [3.8, 4) is 11.5 Å². The standard InChI is InChI=1S/C22H23NO4/c1-15-11-21(24)23-10-9-17-12-19(25-2)20(26-3)13-18(17)22(23,27-15)14-16-7-5-4-6-8-16/h4-8,11-13H,9-10,14H2,1-3H3. The van der Waals surface area contributed by atoms with Crippen molar-refractivity contribution in [2.45, 2.75) is 25.5 Å². The van der Waals surface area contributed by atoms with Gasteiger partial charge in [0.1, 0.15) is 5.76 Å². The molecule has 2 aliphatic rings. The van der Waals surface area contributed by atoms with Gasteiger partial charge < -0.3 is 14.2 Å². The molecule has 2 aromatic rings. The molecule has 0 saturated heterocycles. The average Bonchev–Trinajstić information content (AvgIpc) is 2.67. The van der Waals surface area contributed by atoms with Crippen LogP contribution in [0, 0.1) is 0 Å². The van der Waals surface area contributed by atoms with Crippen LogP contribution in [-0.4, -0.2) is 31.6 Å². The Morgan fingerprint density at radius 2 is 1.81 bits per heavy atom. The average molecular weight is 365 g/mol. The zero-order valence-electron chi connectivity index (χ0n) is 15.8. The largest absolute Gasteiger partial charge is 0.493 e. The fourth-order valence-corrected chi connectivity index (χ4v) is 4.09. The molecule has 0 saturated carbocycles. The molecule has 2 heterocycles. The van der Waals surface area contributed by atoms with E-state index in [1.807, 2.05) is 42.2 Å². The summed E-state index contributed by atoms with van der Waals surface area (Å²) in [5.41, 5.74) is 2.29. The normalized spacial score (nSPS) is 20.9. The molecule has 1 atom stereocenters. The second-order valence-corrected chi connectivity index (χ2v) is 6.91. The van der Waals surface area contributed by atoms with Crippen LogP contribution < -0.4 is 9.47 Å². The van der Waals surface area contributed by atoms with Gasteiger partial charge in [0.05, 0.1) is 14.2 Å². The third-order valence-corrected chi connectivity index (χ3v) is 5.28. The third kappa shape index (κ3) is 2.83. The lowest BCUT2D eigenvalue weighted by Gasteiger charge is -2.49. The van der Waals surface area contributed by atoms with Gasteiger partial charge >= 0.3 is 0 Å². The maximum Gasteiger partial charge on any atom is 0.253 e. The Kier molecular flexibility index (Phi) is 4.30. The van der Waals surface area contributed by atoms with Crippen LogP contribution >= 0.6 is 0 Å². The van der Waals surface area contributed by atoms with Gasteiger partial charge in [-0.25, -0.2) is 0 Å². The predicted octanol–water partition coefficient (Wildman–Crippen LogP) is 3.42. The number of fused-ring (bicyclic) bond motifs is 3. The fourth-order valence-electron chi connectivity index (χ4n) is 4.09. The van der Waals surface area contributed by atoms with Crippen molar-refractivity contribution < 1.29 is 19.0 Å². The van der Waals surface area contributed by atoms with Gasteiger partial charge in [-0.2, -0.15) is 0 Å². The van der Waals surface area contributed by atoms with Crippen LogP contribution in [0.5, 0.6) is 11.5 Å². The Bertz CT molecular complexity index is 906. The SMILES string of the molecule is COc1cc2c(cc1OC)C1(Cc3ccccc3)OC(C)=CC(=O)N1CC2. The number of rotatable bonds is 4. The van der Waals surface area contributed by atoms with Crippen LogP contribution in [0.1, 0.15) is 23.6 Å². The number of nitrogens with zero attached hydrogens (tertiary/aromatic N) is 1. The van der Waals surface area contributed by atoms with Crippen molar-refractivity contribution in [2.75, 3.05) is 20.8 Å². The summed E-state index contributed by atoms with van der Waals surface area (Å²) in [5.74, 6) is 1.92. The second kappa shape index (κ2) is 6.65. The van der Waals surface area contributed by atoms with Gasteiger partial charge in [0.15, 0.2) is 11.5 Å². The van der Waals surface area contributed by atoms with E-state index in [1.165, 1.54) is 0 Å². The smallest absolute Gasteiger partial charge is 0.253 e. The molecule has 0 aliphatic carbocycles. The summed E-state index contributed by atoms with van der Waals surface area (Å²) in [5, 5.41) is 0. The lowest BCUT2D eigenvalue weighted by molar-refractivity contribution is -0.175. The number of carbonyl (C=O) groups is 1. The van der Waals surface area contributed by atoms with Crippen molar-refractivity contribution in [1.29, 1.82) is 0 Å². The maximum atomic E-state index is 12.8. The number of benzene rings is 2. The highest BCUT2D eigenvalue weighted by molar-refractivity contribution is 5.90. The fraction of sp³-hybridized carbons (Fsp3) is 0.318. The molecule has 2 aliphatic heterocycles. The van der Waals surface area contributed by atoms with Crippen LogP contribution in [0.25, 0.3) is 0 Å². The van der Waals surface area contributed by atoms with Gasteiger partial charge in [-0.3, -0.25) is 9.69 Å². The molecule has 1 amide bonds. The van der Waals surface area contributed by atoms with Crippen molar-refractivity contribution >= 4 is 5.91 Å². The molecule has 140 valence electrons. The van der Waals surface area contributed by atoms with Gasteiger partial charge in [0, 0.05) is 24.6 Å². The number of methoxy groups -OCH3 is 2. The number of allylic oxidation sites excluding steroid dienone is 1. The van der Waals surface area contributed by atoms with Crippen LogP contribution in [0.3, 0.4) is 0 Å². The van der Waals surface area contributed by atoms with Crippen LogP contribution in [-0.2, 0) is 28.1 Å². The first-order valence-corrected chi connectivity index (χ1v) is 9.05. The van der Waals surface area contributed by atoms with Crippen molar-refractivity contribution in [3.63, 3.8) is 0 Å². The Morgan fingerprint density at radius 1 is 1.11 bits per heavy atom. The number of ether oxygens (including phenoxy) is 3. The van der Waals surface area contributed by atoms with Crippen LogP contribution in [0.2, 0.25) is 0 Å². The van der Waals surface area contributed by atoms with Gasteiger partial charge in [-0.05, 0) is 36.6 Å². The quantitative estimate of drug-likeness (QED) is 0.833. The summed E-state index contributed by atoms with van der Waals surface area (Å²) in [6, 6.07) is 14.1. The van der Waals surface area contributed by atoms with Crippen molar-refractivity contribution in [3.05, 3.63) is 71.0 Å². The van der Waals surface area contributed by atoms with Crippen LogP contribution in [0.15, 0.2) is 54.3 Å².